The number of hydrogen-bond donors (Lipinski definition) is 0. The molecule has 0 bridgehead atoms. The molecular formula is C14H10F2O. The van der Waals surface area contributed by atoms with E-state index in [-0.39, 0.29) is 11.6 Å². The van der Waals surface area contributed by atoms with E-state index >= 15 is 0 Å². The number of halogens is 2. The molecule has 0 radical (unpaired) electrons. The zero-order valence-corrected chi connectivity index (χ0v) is 9.21. The molecule has 2 rings (SSSR count). The lowest BCUT2D eigenvalue weighted by Crippen LogP contribution is -1.94. The molecule has 0 aliphatic rings. The molecule has 0 aliphatic carbocycles. The zero-order chi connectivity index (χ0) is 12.4. The lowest BCUT2D eigenvalue weighted by atomic mass is 10.0. The lowest BCUT2D eigenvalue weighted by molar-refractivity contribution is 0.101. The van der Waals surface area contributed by atoms with Crippen molar-refractivity contribution in [2.75, 3.05) is 0 Å². The number of hydrogen-bond acceptors (Lipinski definition) is 1. The average Bonchev–Trinajstić information content (AvgIpc) is 2.30. The maximum Gasteiger partial charge on any atom is 0.159 e. The van der Waals surface area contributed by atoms with Crippen LogP contribution < -0.4 is 0 Å². The predicted molar refractivity (Wildman–Crippen MR) is 61.8 cm³/mol. The molecule has 0 saturated heterocycles. The Kier molecular flexibility index (Phi) is 3.00. The monoisotopic (exact) mass is 232 g/mol. The third kappa shape index (κ3) is 2.38. The minimum atomic E-state index is -0.482. The number of ketones is 1. The number of carbonyl (C=O) groups is 1. The molecule has 2 aromatic rings. The quantitative estimate of drug-likeness (QED) is 0.719. The molecule has 0 fully saturated rings. The van der Waals surface area contributed by atoms with Gasteiger partial charge in [0.2, 0.25) is 0 Å². The summed E-state index contributed by atoms with van der Waals surface area (Å²) in [6.45, 7) is 1.38. The average molecular weight is 232 g/mol. The number of Topliss-reactive ketones (excluding diaryl/α,β-unsaturated/α-hetero) is 1. The van der Waals surface area contributed by atoms with Crippen LogP contribution in [0, 0.1) is 11.6 Å². The maximum atomic E-state index is 13.8. The van der Waals surface area contributed by atoms with Crippen molar-refractivity contribution in [3.63, 3.8) is 0 Å². The van der Waals surface area contributed by atoms with Gasteiger partial charge in [0.05, 0.1) is 0 Å². The van der Waals surface area contributed by atoms with E-state index in [0.29, 0.717) is 16.7 Å². The van der Waals surface area contributed by atoms with Crippen LogP contribution in [0.5, 0.6) is 0 Å². The molecule has 2 aromatic carbocycles. The number of benzene rings is 2. The van der Waals surface area contributed by atoms with Crippen LogP contribution >= 0.6 is 0 Å². The standard InChI is InChI=1S/C14H10F2O/c1-9(17)11-4-7-13(14(16)8-11)10-2-5-12(15)6-3-10/h2-8H,1H3. The minimum Gasteiger partial charge on any atom is -0.295 e. The van der Waals surface area contributed by atoms with E-state index in [0.717, 1.165) is 0 Å². The summed E-state index contributed by atoms with van der Waals surface area (Å²) < 4.78 is 26.5. The molecule has 86 valence electrons. The summed E-state index contributed by atoms with van der Waals surface area (Å²) in [5.41, 5.74) is 1.27. The van der Waals surface area contributed by atoms with Crippen molar-refractivity contribution in [2.45, 2.75) is 6.92 Å². The molecule has 0 saturated carbocycles. The Morgan fingerprint density at radius 2 is 1.65 bits per heavy atom. The Morgan fingerprint density at radius 3 is 2.18 bits per heavy atom. The van der Waals surface area contributed by atoms with Gasteiger partial charge in [-0.05, 0) is 30.7 Å². The van der Waals surface area contributed by atoms with Crippen molar-refractivity contribution in [1.29, 1.82) is 0 Å². The summed E-state index contributed by atoms with van der Waals surface area (Å²) in [6, 6.07) is 9.83. The van der Waals surface area contributed by atoms with E-state index in [1.54, 1.807) is 6.07 Å². The third-order valence-electron chi connectivity index (χ3n) is 2.53. The van der Waals surface area contributed by atoms with Crippen LogP contribution in [0.4, 0.5) is 8.78 Å². The van der Waals surface area contributed by atoms with Crippen molar-refractivity contribution in [2.24, 2.45) is 0 Å². The highest BCUT2D eigenvalue weighted by molar-refractivity contribution is 5.94. The molecule has 3 heteroatoms. The summed E-state index contributed by atoms with van der Waals surface area (Å²) in [5.74, 6) is -1.03. The van der Waals surface area contributed by atoms with Gasteiger partial charge in [-0.3, -0.25) is 4.79 Å². The summed E-state index contributed by atoms with van der Waals surface area (Å²) in [6.07, 6.45) is 0. The van der Waals surface area contributed by atoms with E-state index in [4.69, 9.17) is 0 Å². The predicted octanol–water partition coefficient (Wildman–Crippen LogP) is 3.83. The van der Waals surface area contributed by atoms with E-state index in [2.05, 4.69) is 0 Å². The van der Waals surface area contributed by atoms with Gasteiger partial charge in [-0.2, -0.15) is 0 Å². The second-order valence-corrected chi connectivity index (χ2v) is 3.76. The smallest absolute Gasteiger partial charge is 0.159 e. The molecule has 17 heavy (non-hydrogen) atoms. The Labute approximate surface area is 97.7 Å². The molecule has 0 unspecified atom stereocenters. The van der Waals surface area contributed by atoms with Crippen LogP contribution in [0.15, 0.2) is 42.5 Å². The van der Waals surface area contributed by atoms with Crippen LogP contribution in [-0.2, 0) is 0 Å². The highest BCUT2D eigenvalue weighted by Gasteiger charge is 2.08. The first-order valence-corrected chi connectivity index (χ1v) is 5.14. The fourth-order valence-corrected chi connectivity index (χ4v) is 1.60. The SMILES string of the molecule is CC(=O)c1ccc(-c2ccc(F)cc2)c(F)c1. The number of carbonyl (C=O) groups excluding carboxylic acids is 1. The van der Waals surface area contributed by atoms with Gasteiger partial charge in [-0.15, -0.1) is 0 Å². The van der Waals surface area contributed by atoms with Crippen LogP contribution in [0.25, 0.3) is 11.1 Å². The second-order valence-electron chi connectivity index (χ2n) is 3.76. The Balaban J connectivity index is 2.46. The fourth-order valence-electron chi connectivity index (χ4n) is 1.60. The van der Waals surface area contributed by atoms with Gasteiger partial charge in [0.15, 0.2) is 5.78 Å². The van der Waals surface area contributed by atoms with Gasteiger partial charge < -0.3 is 0 Å². The highest BCUT2D eigenvalue weighted by Crippen LogP contribution is 2.24. The van der Waals surface area contributed by atoms with Gasteiger partial charge in [0, 0.05) is 11.1 Å². The largest absolute Gasteiger partial charge is 0.295 e. The summed E-state index contributed by atoms with van der Waals surface area (Å²) in [7, 11) is 0. The van der Waals surface area contributed by atoms with Crippen LogP contribution in [0.2, 0.25) is 0 Å². The van der Waals surface area contributed by atoms with Crippen molar-refractivity contribution in [1.82, 2.24) is 0 Å². The van der Waals surface area contributed by atoms with Crippen LogP contribution in [0.1, 0.15) is 17.3 Å². The summed E-state index contributed by atoms with van der Waals surface area (Å²) in [4.78, 5) is 11.1. The van der Waals surface area contributed by atoms with E-state index in [1.165, 1.54) is 43.3 Å². The fraction of sp³-hybridized carbons (Fsp3) is 0.0714. The molecule has 0 N–H and O–H groups in total. The molecule has 0 spiro atoms. The van der Waals surface area contributed by atoms with E-state index in [1.807, 2.05) is 0 Å². The number of rotatable bonds is 2. The van der Waals surface area contributed by atoms with E-state index in [9.17, 15) is 13.6 Å². The third-order valence-corrected chi connectivity index (χ3v) is 2.53. The first-order chi connectivity index (χ1) is 8.08. The Hall–Kier alpha value is -2.03. The first kappa shape index (κ1) is 11.5. The normalized spacial score (nSPS) is 10.3. The Bertz CT molecular complexity index is 559. The summed E-state index contributed by atoms with van der Waals surface area (Å²) >= 11 is 0. The van der Waals surface area contributed by atoms with Gasteiger partial charge in [-0.25, -0.2) is 8.78 Å². The van der Waals surface area contributed by atoms with Gasteiger partial charge in [0.1, 0.15) is 11.6 Å². The molecule has 1 nitrogen and oxygen atoms in total. The first-order valence-electron chi connectivity index (χ1n) is 5.14. The Morgan fingerprint density at radius 1 is 1.00 bits per heavy atom. The molecule has 0 heterocycles. The minimum absolute atomic E-state index is 0.186. The second kappa shape index (κ2) is 4.45. The van der Waals surface area contributed by atoms with E-state index < -0.39 is 5.82 Å². The van der Waals surface area contributed by atoms with Gasteiger partial charge in [0.25, 0.3) is 0 Å². The molecular weight excluding hydrogens is 222 g/mol. The molecule has 0 atom stereocenters. The van der Waals surface area contributed by atoms with Gasteiger partial charge in [-0.1, -0.05) is 24.3 Å². The molecule has 0 amide bonds. The van der Waals surface area contributed by atoms with Crippen molar-refractivity contribution < 1.29 is 13.6 Å². The van der Waals surface area contributed by atoms with Crippen molar-refractivity contribution in [3.05, 3.63) is 59.7 Å². The van der Waals surface area contributed by atoms with Gasteiger partial charge >= 0.3 is 0 Å². The lowest BCUT2D eigenvalue weighted by Gasteiger charge is -2.04. The van der Waals surface area contributed by atoms with Crippen molar-refractivity contribution >= 4 is 5.78 Å². The van der Waals surface area contributed by atoms with Crippen LogP contribution in [-0.4, -0.2) is 5.78 Å². The van der Waals surface area contributed by atoms with Crippen molar-refractivity contribution in [3.8, 4) is 11.1 Å². The summed E-state index contributed by atoms with van der Waals surface area (Å²) in [5, 5.41) is 0. The molecule has 0 aliphatic heterocycles. The highest BCUT2D eigenvalue weighted by atomic mass is 19.1. The maximum absolute atomic E-state index is 13.8. The van der Waals surface area contributed by atoms with Crippen LogP contribution in [0.3, 0.4) is 0 Å². The zero-order valence-electron chi connectivity index (χ0n) is 9.21. The topological polar surface area (TPSA) is 17.1 Å². The molecule has 0 aromatic heterocycles.